The molecule has 0 spiro atoms. The lowest BCUT2D eigenvalue weighted by atomic mass is 10.3. The van der Waals surface area contributed by atoms with Gasteiger partial charge in [-0.1, -0.05) is 121 Å². The number of H-pyrrole nitrogens is 5. The monoisotopic (exact) mass is 1310 g/mol. The summed E-state index contributed by atoms with van der Waals surface area (Å²) < 4.78 is 17.5. The molecule has 0 bridgehead atoms. The van der Waals surface area contributed by atoms with Crippen LogP contribution < -0.4 is 0 Å². The summed E-state index contributed by atoms with van der Waals surface area (Å²) in [5.74, 6) is 5.59. The van der Waals surface area contributed by atoms with Gasteiger partial charge in [-0.25, -0.2) is 15.0 Å². The molecule has 0 amide bonds. The Bertz CT molecular complexity index is 2440. The van der Waals surface area contributed by atoms with Crippen molar-refractivity contribution in [2.45, 2.75) is 214 Å². The highest BCUT2D eigenvalue weighted by molar-refractivity contribution is 7.11. The van der Waals surface area contributed by atoms with Crippen molar-refractivity contribution >= 4 is 23.3 Å². The minimum atomic E-state index is 0.623. The zero-order valence-corrected chi connectivity index (χ0v) is 62.4. The van der Waals surface area contributed by atoms with Crippen molar-refractivity contribution in [1.82, 2.24) is 131 Å². The fraction of sp³-hybridized carbons (Fsp3) is 0.550. The van der Waals surface area contributed by atoms with E-state index < -0.39 is 0 Å². The molecule has 32 heteroatoms. The number of hydrogen-bond acceptors (Lipinski definition) is 25. The maximum absolute atomic E-state index is 4.86. The van der Waals surface area contributed by atoms with Gasteiger partial charge in [0, 0.05) is 90.1 Å². The largest absolute Gasteiger partial charge is 0.426 e. The van der Waals surface area contributed by atoms with Crippen LogP contribution in [-0.2, 0) is 14.1 Å². The molecule has 1 aliphatic heterocycles. The van der Waals surface area contributed by atoms with E-state index in [1.165, 1.54) is 24.5 Å². The second-order valence-electron chi connectivity index (χ2n) is 14.8. The molecule has 0 saturated heterocycles. The van der Waals surface area contributed by atoms with Crippen LogP contribution in [-0.4, -0.2) is 143 Å². The van der Waals surface area contributed by atoms with Crippen LogP contribution in [0, 0.1) is 90.0 Å². The van der Waals surface area contributed by atoms with E-state index >= 15 is 0 Å². The Morgan fingerprint density at radius 2 is 0.902 bits per heavy atom. The maximum Gasteiger partial charge on any atom is 0.223 e. The summed E-state index contributed by atoms with van der Waals surface area (Å²) in [5, 5.41) is 73.8. The first-order chi connectivity index (χ1) is 44.3. The Hall–Kier alpha value is -9.49. The standard InChI is InChI=1S/3C4H6N2O.C4H6N2S.4C4H6N2.4C3H5N3.8C2H6/c1-3-5-6-4(2)7-3;2*1-3-5-4(2)7-6-3;1-3-5-6-4(2)7-3;1-4-2-5-6-3-4;3*1-4-2-3-5-6-4;1-6-2-4-5-3-6;1-6-3-4-2-5-6;2*1-3-4-2-5-6-3;8*1-2/h4*1-2H3;2-3H,1H3,(H,5,6);3H,2H2,1H3;2*2-3H,1H3,(H,5,6);2*2-3H,1H3;2*2H,1H3,(H,4,5,6);8*1-2H3. The van der Waals surface area contributed by atoms with Gasteiger partial charge in [0.25, 0.3) is 0 Å². The highest BCUT2D eigenvalue weighted by Gasteiger charge is 1.93. The van der Waals surface area contributed by atoms with Gasteiger partial charge in [-0.15, -0.1) is 41.9 Å². The third-order valence-electron chi connectivity index (χ3n) is 7.26. The lowest BCUT2D eigenvalue weighted by Gasteiger charge is -1.74. The van der Waals surface area contributed by atoms with Gasteiger partial charge in [-0.2, -0.15) is 50.8 Å². The molecule has 520 valence electrons. The minimum Gasteiger partial charge on any atom is -0.426 e. The predicted molar refractivity (Wildman–Crippen MR) is 372 cm³/mol. The number of rotatable bonds is 0. The average molecular weight is 1310 g/mol. The van der Waals surface area contributed by atoms with Crippen LogP contribution >= 0.6 is 11.3 Å². The predicted octanol–water partition coefficient (Wildman–Crippen LogP) is 14.3. The molecule has 0 aliphatic carbocycles. The van der Waals surface area contributed by atoms with Crippen molar-refractivity contribution in [2.75, 3.05) is 0 Å². The summed E-state index contributed by atoms with van der Waals surface area (Å²) in [6.45, 7) is 58.1. The molecule has 11 aromatic rings. The van der Waals surface area contributed by atoms with Crippen LogP contribution in [0.3, 0.4) is 0 Å². The number of aryl methyl sites for hydroxylation is 15. The minimum absolute atomic E-state index is 0.623. The molecule has 0 unspecified atom stereocenters. The van der Waals surface area contributed by atoms with Crippen molar-refractivity contribution in [1.29, 1.82) is 0 Å². The quantitative estimate of drug-likeness (QED) is 0.0941. The fourth-order valence-corrected chi connectivity index (χ4v) is 4.56. The zero-order valence-electron chi connectivity index (χ0n) is 61.6. The van der Waals surface area contributed by atoms with Crippen LogP contribution in [0.4, 0.5) is 0 Å². The highest BCUT2D eigenvalue weighted by atomic mass is 32.1. The van der Waals surface area contributed by atoms with Gasteiger partial charge in [0.05, 0.1) is 6.20 Å². The summed E-state index contributed by atoms with van der Waals surface area (Å²) in [4.78, 5) is 18.8. The molecule has 31 nitrogen and oxygen atoms in total. The Morgan fingerprint density at radius 1 is 0.478 bits per heavy atom. The van der Waals surface area contributed by atoms with E-state index in [4.69, 9.17) is 4.42 Å². The number of hydrogen-bond donors (Lipinski definition) is 5. The Morgan fingerprint density at radius 3 is 1.00 bits per heavy atom. The van der Waals surface area contributed by atoms with E-state index in [0.29, 0.717) is 35.2 Å². The number of aromatic amines is 5. The third kappa shape index (κ3) is 74.8. The summed E-state index contributed by atoms with van der Waals surface area (Å²) >= 11 is 1.62. The highest BCUT2D eigenvalue weighted by Crippen LogP contribution is 2.04. The van der Waals surface area contributed by atoms with Crippen LogP contribution in [0.2, 0.25) is 0 Å². The Kier molecular flexibility index (Phi) is 83.3. The van der Waals surface area contributed by atoms with Gasteiger partial charge in [-0.3, -0.25) is 30.2 Å². The van der Waals surface area contributed by atoms with Crippen molar-refractivity contribution in [3.63, 3.8) is 0 Å². The Balaban J connectivity index is -0.000000137. The summed E-state index contributed by atoms with van der Waals surface area (Å²) in [6, 6.07) is 3.83. The molecule has 12 rings (SSSR count). The van der Waals surface area contributed by atoms with Gasteiger partial charge in [0.1, 0.15) is 59.6 Å². The fourth-order valence-electron chi connectivity index (χ4n) is 3.96. The molecule has 92 heavy (non-hydrogen) atoms. The topological polar surface area (TPSA) is 398 Å². The first-order valence-corrected chi connectivity index (χ1v) is 31.3. The van der Waals surface area contributed by atoms with E-state index in [9.17, 15) is 0 Å². The second kappa shape index (κ2) is 77.6. The molecular formula is C60H116N28O3S. The molecule has 0 atom stereocenters. The SMILES string of the molecule is CC.CC.CC.CC.CC.CC.CC.CC.CC1=NN=CC1.Cc1ccn[nH]1.Cc1ccn[nH]1.Cc1cn[nH]c1.Cc1ncn[nH]1.Cc1ncn[nH]1.Cc1nnc(C)o1.Cc1nnc(C)s1.Cc1noc(C)n1.Cc1noc(C)n1.Cn1cncn1.Cn1cnnc1. The molecule has 5 N–H and O–H groups in total. The average Bonchev–Trinajstić information content (AvgIpc) is 4.54. The van der Waals surface area contributed by atoms with E-state index in [1.807, 2.05) is 199 Å². The smallest absolute Gasteiger partial charge is 0.223 e. The third-order valence-corrected chi connectivity index (χ3v) is 8.02. The normalized spacial score (nSPS) is 8.63. The lowest BCUT2D eigenvalue weighted by molar-refractivity contribution is 0.389. The van der Waals surface area contributed by atoms with E-state index in [0.717, 1.165) is 45.2 Å². The van der Waals surface area contributed by atoms with Crippen LogP contribution in [0.5, 0.6) is 0 Å². The molecule has 12 heterocycles. The molecule has 0 saturated carbocycles. The van der Waals surface area contributed by atoms with Crippen LogP contribution in [0.1, 0.15) is 198 Å². The molecule has 11 aromatic heterocycles. The van der Waals surface area contributed by atoms with Gasteiger partial charge in [0.2, 0.25) is 23.6 Å². The number of nitrogens with zero attached hydrogens (tertiary/aromatic N) is 23. The van der Waals surface area contributed by atoms with E-state index in [2.05, 4.69) is 141 Å². The molecule has 0 aromatic carbocycles. The summed E-state index contributed by atoms with van der Waals surface area (Å²) in [5.41, 5.74) is 4.50. The maximum atomic E-state index is 4.86. The van der Waals surface area contributed by atoms with Crippen LogP contribution in [0.25, 0.3) is 0 Å². The van der Waals surface area contributed by atoms with Crippen molar-refractivity contribution in [2.24, 2.45) is 24.3 Å². The van der Waals surface area contributed by atoms with Crippen molar-refractivity contribution < 1.29 is 13.5 Å². The molecule has 1 aliphatic rings. The Labute approximate surface area is 552 Å². The molecule has 0 radical (unpaired) electrons. The van der Waals surface area contributed by atoms with Gasteiger partial charge in [0.15, 0.2) is 11.6 Å². The van der Waals surface area contributed by atoms with Crippen molar-refractivity contribution in [3.8, 4) is 0 Å². The number of aromatic nitrogens is 26. The van der Waals surface area contributed by atoms with Gasteiger partial charge < -0.3 is 18.0 Å². The van der Waals surface area contributed by atoms with Crippen molar-refractivity contribution in [3.05, 3.63) is 149 Å². The second-order valence-corrected chi connectivity index (χ2v) is 16.2. The summed E-state index contributed by atoms with van der Waals surface area (Å²) in [6.07, 6.45) is 19.2. The zero-order chi connectivity index (χ0) is 72.4. The molecule has 0 fully saturated rings. The summed E-state index contributed by atoms with van der Waals surface area (Å²) in [7, 11) is 3.70. The van der Waals surface area contributed by atoms with Gasteiger partial charge >= 0.3 is 0 Å². The van der Waals surface area contributed by atoms with E-state index in [-0.39, 0.29) is 0 Å². The molecular weight excluding hydrogens is 1190 g/mol. The van der Waals surface area contributed by atoms with Crippen LogP contribution in [0.15, 0.2) is 98.6 Å². The van der Waals surface area contributed by atoms with E-state index in [1.54, 1.807) is 106 Å². The van der Waals surface area contributed by atoms with Gasteiger partial charge in [-0.05, 0) is 86.9 Å². The first-order valence-electron chi connectivity index (χ1n) is 30.5. The number of nitrogens with one attached hydrogen (secondary N) is 5. The lowest BCUT2D eigenvalue weighted by Crippen LogP contribution is -1.83. The first kappa shape index (κ1) is 98.7.